The van der Waals surface area contributed by atoms with Crippen molar-refractivity contribution in [1.29, 1.82) is 0 Å². The van der Waals surface area contributed by atoms with Crippen molar-refractivity contribution < 1.29 is 19.8 Å². The van der Waals surface area contributed by atoms with Gasteiger partial charge >= 0.3 is 0 Å². The Morgan fingerprint density at radius 1 is 1.09 bits per heavy atom. The van der Waals surface area contributed by atoms with Crippen molar-refractivity contribution in [2.75, 3.05) is 18.8 Å². The molecule has 1 fully saturated rings. The van der Waals surface area contributed by atoms with E-state index in [4.69, 9.17) is 11.6 Å². The van der Waals surface area contributed by atoms with Crippen molar-refractivity contribution in [3.63, 3.8) is 0 Å². The molecule has 0 saturated carbocycles. The number of rotatable bonds is 8. The SMILES string of the molecule is O=C(NCC1=CC(Cc2ccccc2Cl)CS1)[C@H](O)[C@@H](O)C(=O)N1CCC[C@@H]1c1ccccc1. The molecule has 2 heterocycles. The molecule has 0 spiro atoms. The Balaban J connectivity index is 1.29. The molecule has 2 aromatic rings. The third-order valence-electron chi connectivity index (χ3n) is 6.32. The molecule has 4 atom stereocenters. The molecule has 4 rings (SSSR count). The fourth-order valence-corrected chi connectivity index (χ4v) is 5.84. The fraction of sp³-hybridized carbons (Fsp3) is 0.385. The zero-order valence-corrected chi connectivity index (χ0v) is 20.3. The van der Waals surface area contributed by atoms with Crippen LogP contribution in [0.3, 0.4) is 0 Å². The van der Waals surface area contributed by atoms with Gasteiger partial charge in [0.2, 0.25) is 0 Å². The van der Waals surface area contributed by atoms with Crippen LogP contribution in [0.25, 0.3) is 0 Å². The molecule has 2 amide bonds. The van der Waals surface area contributed by atoms with E-state index >= 15 is 0 Å². The van der Waals surface area contributed by atoms with Gasteiger partial charge in [-0.05, 0) is 42.4 Å². The molecule has 34 heavy (non-hydrogen) atoms. The fourth-order valence-electron chi connectivity index (χ4n) is 4.53. The molecular weight excluding hydrogens is 472 g/mol. The van der Waals surface area contributed by atoms with Crippen LogP contribution in [-0.2, 0) is 16.0 Å². The normalized spacial score (nSPS) is 21.7. The van der Waals surface area contributed by atoms with Gasteiger partial charge in [0.1, 0.15) is 0 Å². The minimum atomic E-state index is -1.82. The maximum atomic E-state index is 12.9. The lowest BCUT2D eigenvalue weighted by molar-refractivity contribution is -0.153. The highest BCUT2D eigenvalue weighted by Gasteiger charge is 2.38. The van der Waals surface area contributed by atoms with Crippen LogP contribution in [0.5, 0.6) is 0 Å². The van der Waals surface area contributed by atoms with Crippen molar-refractivity contribution >= 4 is 35.2 Å². The van der Waals surface area contributed by atoms with Crippen LogP contribution in [-0.4, -0.2) is 58.0 Å². The summed E-state index contributed by atoms with van der Waals surface area (Å²) >= 11 is 7.90. The first-order chi connectivity index (χ1) is 16.4. The van der Waals surface area contributed by atoms with Gasteiger partial charge in [-0.15, -0.1) is 11.8 Å². The van der Waals surface area contributed by atoms with E-state index in [2.05, 4.69) is 11.4 Å². The highest BCUT2D eigenvalue weighted by molar-refractivity contribution is 8.03. The lowest BCUT2D eigenvalue weighted by Crippen LogP contribution is -2.50. The average molecular weight is 501 g/mol. The molecule has 6 nitrogen and oxygen atoms in total. The number of nitrogens with one attached hydrogen (secondary N) is 1. The number of likely N-dealkylation sites (tertiary alicyclic amines) is 1. The van der Waals surface area contributed by atoms with E-state index in [9.17, 15) is 19.8 Å². The predicted octanol–water partition coefficient (Wildman–Crippen LogP) is 3.33. The first kappa shape index (κ1) is 24.8. The molecule has 180 valence electrons. The third kappa shape index (κ3) is 5.84. The minimum absolute atomic E-state index is 0.159. The monoisotopic (exact) mass is 500 g/mol. The zero-order valence-electron chi connectivity index (χ0n) is 18.8. The second-order valence-electron chi connectivity index (χ2n) is 8.71. The number of aliphatic hydroxyl groups excluding tert-OH is 2. The van der Waals surface area contributed by atoms with Crippen molar-refractivity contribution in [2.45, 2.75) is 37.5 Å². The molecule has 2 aromatic carbocycles. The molecule has 2 aliphatic heterocycles. The predicted molar refractivity (Wildman–Crippen MR) is 134 cm³/mol. The molecule has 0 aromatic heterocycles. The molecule has 1 unspecified atom stereocenters. The Kier molecular flexibility index (Phi) is 8.32. The number of hydrogen-bond acceptors (Lipinski definition) is 5. The Labute approximate surface area is 209 Å². The van der Waals surface area contributed by atoms with Crippen LogP contribution >= 0.6 is 23.4 Å². The van der Waals surface area contributed by atoms with E-state index in [0.717, 1.165) is 46.1 Å². The number of benzene rings is 2. The van der Waals surface area contributed by atoms with Crippen LogP contribution in [0.4, 0.5) is 0 Å². The molecule has 1 saturated heterocycles. The first-order valence-corrected chi connectivity index (χ1v) is 12.9. The number of allylic oxidation sites excluding steroid dienone is 1. The van der Waals surface area contributed by atoms with E-state index in [1.165, 1.54) is 0 Å². The summed E-state index contributed by atoms with van der Waals surface area (Å²) in [4.78, 5) is 27.9. The van der Waals surface area contributed by atoms with Gasteiger partial charge < -0.3 is 20.4 Å². The summed E-state index contributed by atoms with van der Waals surface area (Å²) in [5, 5.41) is 24.2. The molecule has 8 heteroatoms. The van der Waals surface area contributed by atoms with E-state index in [1.54, 1.807) is 16.7 Å². The maximum Gasteiger partial charge on any atom is 0.255 e. The molecule has 0 radical (unpaired) electrons. The standard InChI is InChI=1S/C26H29ClN2O4S/c27-21-10-5-4-9-19(21)13-17-14-20(34-16-17)15-28-25(32)23(30)24(31)26(33)29-12-6-11-22(29)18-7-2-1-3-8-18/h1-5,7-10,14,17,22-24,30-31H,6,11-13,15-16H2,(H,28,32)/t17?,22-,23-,24-/m1/s1. The molecular formula is C26H29ClN2O4S. The molecule has 0 aliphatic carbocycles. The first-order valence-electron chi connectivity index (χ1n) is 11.5. The largest absolute Gasteiger partial charge is 0.380 e. The number of carbonyl (C=O) groups excluding carboxylic acids is 2. The van der Waals surface area contributed by atoms with E-state index in [1.807, 2.05) is 54.6 Å². The van der Waals surface area contributed by atoms with Crippen LogP contribution in [0.1, 0.15) is 30.0 Å². The summed E-state index contributed by atoms with van der Waals surface area (Å²) < 4.78 is 0. The Morgan fingerprint density at radius 2 is 1.82 bits per heavy atom. The van der Waals surface area contributed by atoms with E-state index in [-0.39, 0.29) is 12.6 Å². The molecule has 3 N–H and O–H groups in total. The smallest absolute Gasteiger partial charge is 0.255 e. The number of thioether (sulfide) groups is 1. The van der Waals surface area contributed by atoms with Gasteiger partial charge in [-0.3, -0.25) is 9.59 Å². The van der Waals surface area contributed by atoms with E-state index in [0.29, 0.717) is 12.5 Å². The summed E-state index contributed by atoms with van der Waals surface area (Å²) in [5.41, 5.74) is 2.07. The minimum Gasteiger partial charge on any atom is -0.380 e. The Bertz CT molecular complexity index is 1050. The highest BCUT2D eigenvalue weighted by atomic mass is 35.5. The highest BCUT2D eigenvalue weighted by Crippen LogP contribution is 2.33. The number of halogens is 1. The molecule has 2 aliphatic rings. The zero-order chi connectivity index (χ0) is 24.1. The quantitative estimate of drug-likeness (QED) is 0.517. The average Bonchev–Trinajstić information content (AvgIpc) is 3.53. The van der Waals surface area contributed by atoms with Gasteiger partial charge in [-0.1, -0.05) is 66.2 Å². The Morgan fingerprint density at radius 3 is 2.59 bits per heavy atom. The van der Waals surface area contributed by atoms with Crippen LogP contribution in [0.2, 0.25) is 5.02 Å². The third-order valence-corrected chi connectivity index (χ3v) is 7.94. The summed E-state index contributed by atoms with van der Waals surface area (Å²) in [5.74, 6) is -0.190. The van der Waals surface area contributed by atoms with Gasteiger partial charge in [-0.25, -0.2) is 0 Å². The summed E-state index contributed by atoms with van der Waals surface area (Å²) in [6.07, 6.45) is 0.889. The summed E-state index contributed by atoms with van der Waals surface area (Å²) in [6, 6.07) is 17.2. The molecule has 0 bridgehead atoms. The van der Waals surface area contributed by atoms with Crippen LogP contribution in [0, 0.1) is 5.92 Å². The second-order valence-corrected chi connectivity index (χ2v) is 10.3. The lowest BCUT2D eigenvalue weighted by atomic mass is 10.0. The Hall–Kier alpha value is -2.32. The van der Waals surface area contributed by atoms with Crippen LogP contribution < -0.4 is 5.32 Å². The van der Waals surface area contributed by atoms with Gasteiger partial charge in [0.15, 0.2) is 12.2 Å². The van der Waals surface area contributed by atoms with Gasteiger partial charge in [-0.2, -0.15) is 0 Å². The van der Waals surface area contributed by atoms with Crippen molar-refractivity contribution in [3.05, 3.63) is 81.7 Å². The van der Waals surface area contributed by atoms with Crippen molar-refractivity contribution in [2.24, 2.45) is 5.92 Å². The topological polar surface area (TPSA) is 89.9 Å². The van der Waals surface area contributed by atoms with Gasteiger partial charge in [0.05, 0.1) is 6.04 Å². The van der Waals surface area contributed by atoms with Crippen molar-refractivity contribution in [3.8, 4) is 0 Å². The summed E-state index contributed by atoms with van der Waals surface area (Å²) in [6.45, 7) is 0.733. The number of aliphatic hydroxyl groups is 2. The number of nitrogens with zero attached hydrogens (tertiary/aromatic N) is 1. The number of carbonyl (C=O) groups is 2. The summed E-state index contributed by atoms with van der Waals surface area (Å²) in [7, 11) is 0. The van der Waals surface area contributed by atoms with Gasteiger partial charge in [0, 0.05) is 28.8 Å². The van der Waals surface area contributed by atoms with Gasteiger partial charge in [0.25, 0.3) is 11.8 Å². The number of hydrogen-bond donors (Lipinski definition) is 3. The number of amides is 2. The van der Waals surface area contributed by atoms with Crippen molar-refractivity contribution in [1.82, 2.24) is 10.2 Å². The van der Waals surface area contributed by atoms with Crippen LogP contribution in [0.15, 0.2) is 65.6 Å². The second kappa shape index (κ2) is 11.4. The lowest BCUT2D eigenvalue weighted by Gasteiger charge is -2.28. The maximum absolute atomic E-state index is 12.9. The van der Waals surface area contributed by atoms with E-state index < -0.39 is 24.0 Å².